The third-order valence-electron chi connectivity index (χ3n) is 1.95. The molecule has 0 spiro atoms. The first-order valence-electron chi connectivity index (χ1n) is 4.50. The summed E-state index contributed by atoms with van der Waals surface area (Å²) in [6, 6.07) is 0. The fraction of sp³-hybridized carbons (Fsp3) is 0.889. The minimum absolute atomic E-state index is 0.0587. The van der Waals surface area contributed by atoms with Gasteiger partial charge in [-0.3, -0.25) is 4.79 Å². The largest absolute Gasteiger partial charge is 0.466 e. The predicted octanol–water partition coefficient (Wildman–Crippen LogP) is 0.317. The summed E-state index contributed by atoms with van der Waals surface area (Å²) in [6.07, 6.45) is -1.35. The number of aliphatic hydroxyl groups is 2. The molecule has 4 heteroatoms. The molecule has 2 atom stereocenters. The Hall–Kier alpha value is -0.610. The highest BCUT2D eigenvalue weighted by Crippen LogP contribution is 2.14. The molecule has 0 aliphatic carbocycles. The van der Waals surface area contributed by atoms with Gasteiger partial charge in [-0.05, 0) is 20.8 Å². The molecule has 0 saturated heterocycles. The van der Waals surface area contributed by atoms with Crippen LogP contribution in [0.25, 0.3) is 0 Å². The first-order valence-corrected chi connectivity index (χ1v) is 4.50. The van der Waals surface area contributed by atoms with Crippen molar-refractivity contribution in [3.63, 3.8) is 0 Å². The van der Waals surface area contributed by atoms with Gasteiger partial charge in [0.2, 0.25) is 0 Å². The molecule has 0 bridgehead atoms. The molecule has 0 aromatic heterocycles. The van der Waals surface area contributed by atoms with Gasteiger partial charge in [0.1, 0.15) is 0 Å². The lowest BCUT2D eigenvalue weighted by atomic mass is 9.94. The topological polar surface area (TPSA) is 66.8 Å². The zero-order chi connectivity index (χ0) is 10.4. The van der Waals surface area contributed by atoms with Crippen molar-refractivity contribution in [3.8, 4) is 0 Å². The molecular weight excluding hydrogens is 172 g/mol. The van der Waals surface area contributed by atoms with Gasteiger partial charge in [-0.1, -0.05) is 0 Å². The minimum atomic E-state index is -0.704. The predicted molar refractivity (Wildman–Crippen MR) is 48.1 cm³/mol. The summed E-state index contributed by atoms with van der Waals surface area (Å²) in [4.78, 5) is 11.0. The summed E-state index contributed by atoms with van der Waals surface area (Å²) in [6.45, 7) is 5.15. The van der Waals surface area contributed by atoms with Gasteiger partial charge in [0.25, 0.3) is 0 Å². The monoisotopic (exact) mass is 190 g/mol. The van der Waals surface area contributed by atoms with E-state index < -0.39 is 18.1 Å². The van der Waals surface area contributed by atoms with Gasteiger partial charge >= 0.3 is 5.97 Å². The molecule has 0 radical (unpaired) electrons. The lowest BCUT2D eigenvalue weighted by Crippen LogP contribution is -2.30. The van der Waals surface area contributed by atoms with Crippen LogP contribution in [0.1, 0.15) is 27.2 Å². The van der Waals surface area contributed by atoms with Gasteiger partial charge < -0.3 is 14.9 Å². The maximum absolute atomic E-state index is 11.0. The van der Waals surface area contributed by atoms with Crippen LogP contribution in [-0.4, -0.2) is 35.0 Å². The molecular formula is C9H18O4. The van der Waals surface area contributed by atoms with Gasteiger partial charge in [-0.2, -0.15) is 0 Å². The van der Waals surface area contributed by atoms with Crippen molar-refractivity contribution >= 4 is 5.97 Å². The molecule has 2 N–H and O–H groups in total. The number of hydrogen-bond donors (Lipinski definition) is 2. The second-order valence-electron chi connectivity index (χ2n) is 3.15. The fourth-order valence-corrected chi connectivity index (χ4v) is 1.16. The van der Waals surface area contributed by atoms with Crippen molar-refractivity contribution in [2.45, 2.75) is 39.4 Å². The normalized spacial score (nSPS) is 17.6. The van der Waals surface area contributed by atoms with Crippen LogP contribution in [0, 0.1) is 5.92 Å². The van der Waals surface area contributed by atoms with Gasteiger partial charge in [-0.25, -0.2) is 0 Å². The molecule has 0 saturated carbocycles. The van der Waals surface area contributed by atoms with Gasteiger partial charge in [0.15, 0.2) is 0 Å². The van der Waals surface area contributed by atoms with Crippen LogP contribution < -0.4 is 0 Å². The van der Waals surface area contributed by atoms with Gasteiger partial charge in [0.05, 0.1) is 25.2 Å². The maximum atomic E-state index is 11.0. The Morgan fingerprint density at radius 2 is 1.77 bits per heavy atom. The molecule has 78 valence electrons. The van der Waals surface area contributed by atoms with Crippen LogP contribution in [0.2, 0.25) is 0 Å². The SMILES string of the molecule is CCOC(=O)CC(C(C)O)C(C)O. The van der Waals surface area contributed by atoms with Crippen molar-refractivity contribution < 1.29 is 19.7 Å². The molecule has 0 amide bonds. The lowest BCUT2D eigenvalue weighted by Gasteiger charge is -2.21. The highest BCUT2D eigenvalue weighted by Gasteiger charge is 2.24. The van der Waals surface area contributed by atoms with Crippen molar-refractivity contribution in [2.75, 3.05) is 6.61 Å². The zero-order valence-corrected chi connectivity index (χ0v) is 8.36. The summed E-state index contributed by atoms with van der Waals surface area (Å²) in [5.41, 5.74) is 0. The van der Waals surface area contributed by atoms with E-state index in [0.717, 1.165) is 0 Å². The Morgan fingerprint density at radius 3 is 2.08 bits per heavy atom. The Labute approximate surface area is 78.5 Å². The van der Waals surface area contributed by atoms with Crippen molar-refractivity contribution in [1.82, 2.24) is 0 Å². The molecule has 13 heavy (non-hydrogen) atoms. The van der Waals surface area contributed by atoms with Crippen LogP contribution >= 0.6 is 0 Å². The molecule has 0 heterocycles. The molecule has 0 aromatic rings. The number of aliphatic hydroxyl groups excluding tert-OH is 2. The summed E-state index contributed by atoms with van der Waals surface area (Å²) in [5, 5.41) is 18.5. The number of hydrogen-bond acceptors (Lipinski definition) is 4. The smallest absolute Gasteiger partial charge is 0.306 e. The summed E-state index contributed by atoms with van der Waals surface area (Å²) in [5.74, 6) is -0.826. The Kier molecular flexibility index (Phi) is 5.66. The van der Waals surface area contributed by atoms with E-state index in [1.54, 1.807) is 20.8 Å². The van der Waals surface area contributed by atoms with Crippen molar-refractivity contribution in [2.24, 2.45) is 5.92 Å². The van der Waals surface area contributed by atoms with E-state index in [9.17, 15) is 15.0 Å². The Bertz CT molecular complexity index is 146. The zero-order valence-electron chi connectivity index (χ0n) is 8.36. The molecule has 0 rings (SSSR count). The van der Waals surface area contributed by atoms with Crippen molar-refractivity contribution in [3.05, 3.63) is 0 Å². The van der Waals surface area contributed by atoms with E-state index in [1.165, 1.54) is 0 Å². The van der Waals surface area contributed by atoms with E-state index in [4.69, 9.17) is 4.74 Å². The maximum Gasteiger partial charge on any atom is 0.306 e. The van der Waals surface area contributed by atoms with E-state index in [2.05, 4.69) is 0 Å². The summed E-state index contributed by atoms with van der Waals surface area (Å²) >= 11 is 0. The quantitative estimate of drug-likeness (QED) is 0.613. The average molecular weight is 190 g/mol. The number of carbonyl (C=O) groups excluding carboxylic acids is 1. The molecule has 0 aromatic carbocycles. The van der Waals surface area contributed by atoms with Crippen LogP contribution in [0.5, 0.6) is 0 Å². The highest BCUT2D eigenvalue weighted by molar-refractivity contribution is 5.69. The van der Waals surface area contributed by atoms with Crippen LogP contribution in [0.15, 0.2) is 0 Å². The molecule has 0 aliphatic heterocycles. The highest BCUT2D eigenvalue weighted by atomic mass is 16.5. The lowest BCUT2D eigenvalue weighted by molar-refractivity contribution is -0.146. The van der Waals surface area contributed by atoms with Crippen LogP contribution in [0.3, 0.4) is 0 Å². The van der Waals surface area contributed by atoms with Gasteiger partial charge in [0, 0.05) is 5.92 Å². The van der Waals surface area contributed by atoms with Crippen LogP contribution in [0.4, 0.5) is 0 Å². The van der Waals surface area contributed by atoms with E-state index in [-0.39, 0.29) is 12.4 Å². The van der Waals surface area contributed by atoms with Crippen LogP contribution in [-0.2, 0) is 9.53 Å². The fourth-order valence-electron chi connectivity index (χ4n) is 1.16. The summed E-state index contributed by atoms with van der Waals surface area (Å²) in [7, 11) is 0. The third-order valence-corrected chi connectivity index (χ3v) is 1.95. The number of carbonyl (C=O) groups is 1. The molecule has 2 unspecified atom stereocenters. The average Bonchev–Trinajstić information content (AvgIpc) is 1.99. The first kappa shape index (κ1) is 12.4. The number of ether oxygens (including phenoxy) is 1. The third kappa shape index (κ3) is 4.85. The minimum Gasteiger partial charge on any atom is -0.466 e. The molecule has 0 fully saturated rings. The Morgan fingerprint density at radius 1 is 1.31 bits per heavy atom. The molecule has 4 nitrogen and oxygen atoms in total. The standard InChI is InChI=1S/C9H18O4/c1-4-13-9(12)5-8(6(2)10)7(3)11/h6-8,10-11H,4-5H2,1-3H3. The van der Waals surface area contributed by atoms with E-state index >= 15 is 0 Å². The van der Waals surface area contributed by atoms with Gasteiger partial charge in [-0.15, -0.1) is 0 Å². The van der Waals surface area contributed by atoms with E-state index in [0.29, 0.717) is 6.61 Å². The second kappa shape index (κ2) is 5.94. The number of rotatable bonds is 5. The van der Waals surface area contributed by atoms with E-state index in [1.807, 2.05) is 0 Å². The second-order valence-corrected chi connectivity index (χ2v) is 3.15. The molecule has 0 aliphatic rings. The Balaban J connectivity index is 4.02. The van der Waals surface area contributed by atoms with Crippen molar-refractivity contribution in [1.29, 1.82) is 0 Å². The summed E-state index contributed by atoms with van der Waals surface area (Å²) < 4.78 is 4.71. The number of esters is 1. The first-order chi connectivity index (χ1) is 5.99.